The van der Waals surface area contributed by atoms with Crippen molar-refractivity contribution < 1.29 is 9.53 Å². The van der Waals surface area contributed by atoms with Crippen LogP contribution in [0.25, 0.3) is 0 Å². The third-order valence-electron chi connectivity index (χ3n) is 4.58. The number of para-hydroxylation sites is 1. The molecule has 0 spiro atoms. The first-order valence-corrected chi connectivity index (χ1v) is 10.3. The fraction of sp³-hybridized carbons (Fsp3) is 0.500. The number of rotatable bonds is 7. The fourth-order valence-corrected chi connectivity index (χ4v) is 4.03. The zero-order chi connectivity index (χ0) is 17.9. The van der Waals surface area contributed by atoms with Crippen LogP contribution in [0.3, 0.4) is 0 Å². The minimum absolute atomic E-state index is 0.109. The molecule has 6 nitrogen and oxygen atoms in total. The number of thioether (sulfide) groups is 1. The second-order valence-electron chi connectivity index (χ2n) is 6.68. The lowest BCUT2D eigenvalue weighted by atomic mass is 10.2. The van der Waals surface area contributed by atoms with Gasteiger partial charge in [-0.25, -0.2) is 0 Å². The minimum Gasteiger partial charge on any atom is -0.376 e. The van der Waals surface area contributed by atoms with Crippen molar-refractivity contribution in [2.24, 2.45) is 0 Å². The quantitative estimate of drug-likeness (QED) is 0.727. The average molecular weight is 393 g/mol. The predicted molar refractivity (Wildman–Crippen MR) is 102 cm³/mol. The highest BCUT2D eigenvalue weighted by atomic mass is 35.5. The van der Waals surface area contributed by atoms with Crippen LogP contribution in [-0.2, 0) is 16.1 Å². The van der Waals surface area contributed by atoms with Gasteiger partial charge < -0.3 is 14.6 Å². The summed E-state index contributed by atoms with van der Waals surface area (Å²) in [4.78, 5) is 12.3. The van der Waals surface area contributed by atoms with E-state index in [1.807, 2.05) is 12.1 Å². The minimum atomic E-state index is -0.109. The first-order chi connectivity index (χ1) is 12.7. The highest BCUT2D eigenvalue weighted by Crippen LogP contribution is 2.40. The van der Waals surface area contributed by atoms with Gasteiger partial charge in [-0.1, -0.05) is 35.5 Å². The molecule has 2 aromatic rings. The molecule has 1 aromatic heterocycles. The highest BCUT2D eigenvalue weighted by molar-refractivity contribution is 7.99. The Morgan fingerprint density at radius 3 is 2.88 bits per heavy atom. The van der Waals surface area contributed by atoms with Gasteiger partial charge in [0.15, 0.2) is 5.16 Å². The number of halogens is 1. The van der Waals surface area contributed by atoms with Crippen LogP contribution in [-0.4, -0.2) is 39.1 Å². The van der Waals surface area contributed by atoms with Gasteiger partial charge in [0.05, 0.1) is 29.1 Å². The number of nitrogens with one attached hydrogen (secondary N) is 1. The topological polar surface area (TPSA) is 69.0 Å². The molecular formula is C18H21ClN4O2S. The normalized spacial score (nSPS) is 19.7. The zero-order valence-corrected chi connectivity index (χ0v) is 15.9. The number of carbonyl (C=O) groups is 1. The maximum absolute atomic E-state index is 12.3. The second kappa shape index (κ2) is 7.98. The summed E-state index contributed by atoms with van der Waals surface area (Å²) in [7, 11) is 0. The Labute approximate surface area is 161 Å². The Bertz CT molecular complexity index is 787. The lowest BCUT2D eigenvalue weighted by molar-refractivity contribution is -0.113. The number of hydrogen-bond acceptors (Lipinski definition) is 5. The third kappa shape index (κ3) is 4.22. The van der Waals surface area contributed by atoms with Gasteiger partial charge >= 0.3 is 0 Å². The van der Waals surface area contributed by atoms with Gasteiger partial charge in [0.2, 0.25) is 5.91 Å². The predicted octanol–water partition coefficient (Wildman–Crippen LogP) is 3.72. The molecule has 1 saturated carbocycles. The molecule has 1 amide bonds. The van der Waals surface area contributed by atoms with Crippen molar-refractivity contribution in [3.63, 3.8) is 0 Å². The van der Waals surface area contributed by atoms with Crippen LogP contribution in [0.15, 0.2) is 29.4 Å². The van der Waals surface area contributed by atoms with E-state index in [9.17, 15) is 4.79 Å². The fourth-order valence-electron chi connectivity index (χ4n) is 3.09. The van der Waals surface area contributed by atoms with Gasteiger partial charge in [-0.15, -0.1) is 10.2 Å². The molecule has 1 aliphatic carbocycles. The number of aromatic nitrogens is 3. The van der Waals surface area contributed by atoms with Gasteiger partial charge in [0.25, 0.3) is 0 Å². The summed E-state index contributed by atoms with van der Waals surface area (Å²) in [6, 6.07) is 7.22. The zero-order valence-electron chi connectivity index (χ0n) is 14.4. The molecule has 1 aliphatic heterocycles. The summed E-state index contributed by atoms with van der Waals surface area (Å²) in [5, 5.41) is 12.9. The summed E-state index contributed by atoms with van der Waals surface area (Å²) in [6.07, 6.45) is 4.73. The molecule has 1 atom stereocenters. The molecule has 1 saturated heterocycles. The molecule has 4 rings (SSSR count). The number of anilines is 1. The van der Waals surface area contributed by atoms with E-state index in [0.717, 1.165) is 37.0 Å². The molecule has 1 aromatic carbocycles. The van der Waals surface area contributed by atoms with E-state index in [2.05, 4.69) is 20.1 Å². The molecule has 2 fully saturated rings. The lowest BCUT2D eigenvalue weighted by Gasteiger charge is -2.14. The summed E-state index contributed by atoms with van der Waals surface area (Å²) in [5.41, 5.74) is 0.624. The third-order valence-corrected chi connectivity index (χ3v) is 5.87. The van der Waals surface area contributed by atoms with E-state index in [-0.39, 0.29) is 17.8 Å². The molecular weight excluding hydrogens is 372 g/mol. The standard InChI is InChI=1S/C18H21ClN4O2S/c19-14-5-1-2-6-15(14)20-16(24)11-26-18-22-21-17(12-7-8-12)23(18)10-13-4-3-9-25-13/h1-2,5-6,12-13H,3-4,7-11H2,(H,20,24)/t13-/m1/s1. The Hall–Kier alpha value is -1.57. The number of hydrogen-bond donors (Lipinski definition) is 1. The van der Waals surface area contributed by atoms with Gasteiger partial charge in [-0.3, -0.25) is 4.79 Å². The molecule has 0 bridgehead atoms. The number of nitrogens with zero attached hydrogens (tertiary/aromatic N) is 3. The molecule has 138 valence electrons. The van der Waals surface area contributed by atoms with Crippen LogP contribution in [0, 0.1) is 0 Å². The molecule has 8 heteroatoms. The Morgan fingerprint density at radius 1 is 1.31 bits per heavy atom. The van der Waals surface area contributed by atoms with E-state index in [1.165, 1.54) is 24.6 Å². The maximum Gasteiger partial charge on any atom is 0.234 e. The summed E-state index contributed by atoms with van der Waals surface area (Å²) < 4.78 is 7.93. The summed E-state index contributed by atoms with van der Waals surface area (Å²) in [5.74, 6) is 1.70. The Morgan fingerprint density at radius 2 is 2.15 bits per heavy atom. The van der Waals surface area contributed by atoms with Gasteiger partial charge in [-0.05, 0) is 37.8 Å². The van der Waals surface area contributed by atoms with Crippen molar-refractivity contribution in [3.8, 4) is 0 Å². The lowest BCUT2D eigenvalue weighted by Crippen LogP contribution is -2.19. The largest absolute Gasteiger partial charge is 0.376 e. The molecule has 2 heterocycles. The molecule has 26 heavy (non-hydrogen) atoms. The number of carbonyl (C=O) groups excluding carboxylic acids is 1. The van der Waals surface area contributed by atoms with Crippen molar-refractivity contribution in [2.45, 2.75) is 49.4 Å². The first-order valence-electron chi connectivity index (χ1n) is 8.92. The van der Waals surface area contributed by atoms with Crippen molar-refractivity contribution >= 4 is 35.0 Å². The van der Waals surface area contributed by atoms with Crippen LogP contribution < -0.4 is 5.32 Å². The molecule has 0 radical (unpaired) electrons. The summed E-state index contributed by atoms with van der Waals surface area (Å²) in [6.45, 7) is 1.60. The van der Waals surface area contributed by atoms with E-state index >= 15 is 0 Å². The molecule has 0 unspecified atom stereocenters. The molecule has 2 aliphatic rings. The van der Waals surface area contributed by atoms with Gasteiger partial charge in [-0.2, -0.15) is 0 Å². The SMILES string of the molecule is O=C(CSc1nnc(C2CC2)n1C[C@H]1CCCO1)Nc1ccccc1Cl. The van der Waals surface area contributed by atoms with Crippen molar-refractivity contribution in [1.82, 2.24) is 14.8 Å². The van der Waals surface area contributed by atoms with Crippen LogP contribution in [0.1, 0.15) is 37.4 Å². The number of ether oxygens (including phenoxy) is 1. The van der Waals surface area contributed by atoms with Crippen molar-refractivity contribution in [1.29, 1.82) is 0 Å². The summed E-state index contributed by atoms with van der Waals surface area (Å²) >= 11 is 7.50. The van der Waals surface area contributed by atoms with E-state index < -0.39 is 0 Å². The smallest absolute Gasteiger partial charge is 0.234 e. The monoisotopic (exact) mass is 392 g/mol. The van der Waals surface area contributed by atoms with Crippen LogP contribution in [0.2, 0.25) is 5.02 Å². The van der Waals surface area contributed by atoms with Crippen molar-refractivity contribution in [3.05, 3.63) is 35.1 Å². The maximum atomic E-state index is 12.3. The van der Waals surface area contributed by atoms with Crippen LogP contribution in [0.4, 0.5) is 5.69 Å². The Balaban J connectivity index is 1.41. The Kier molecular flexibility index (Phi) is 5.47. The molecule has 1 N–H and O–H groups in total. The van der Waals surface area contributed by atoms with E-state index in [0.29, 0.717) is 16.6 Å². The first kappa shape index (κ1) is 17.8. The van der Waals surface area contributed by atoms with Crippen molar-refractivity contribution in [2.75, 3.05) is 17.7 Å². The van der Waals surface area contributed by atoms with Crippen LogP contribution in [0.5, 0.6) is 0 Å². The van der Waals surface area contributed by atoms with Gasteiger partial charge in [0.1, 0.15) is 5.82 Å². The number of benzene rings is 1. The van der Waals surface area contributed by atoms with Crippen LogP contribution >= 0.6 is 23.4 Å². The van der Waals surface area contributed by atoms with E-state index in [1.54, 1.807) is 12.1 Å². The number of amides is 1. The van der Waals surface area contributed by atoms with Gasteiger partial charge in [0, 0.05) is 12.5 Å². The average Bonchev–Trinajstić information content (AvgIpc) is 3.20. The second-order valence-corrected chi connectivity index (χ2v) is 8.03. The highest BCUT2D eigenvalue weighted by Gasteiger charge is 2.32. The van der Waals surface area contributed by atoms with E-state index in [4.69, 9.17) is 16.3 Å².